The number of rotatable bonds is 3. The number of carbonyl (C=O) groups excluding carboxylic acids is 1. The Bertz CT molecular complexity index is 747. The fraction of sp³-hybridized carbons (Fsp3) is 0.368. The molecule has 2 heterocycles. The number of amides is 1. The van der Waals surface area contributed by atoms with Crippen molar-refractivity contribution >= 4 is 17.4 Å². The van der Waals surface area contributed by atoms with Crippen molar-refractivity contribution in [2.45, 2.75) is 39.5 Å². The van der Waals surface area contributed by atoms with Crippen LogP contribution in [0.3, 0.4) is 0 Å². The van der Waals surface area contributed by atoms with Crippen molar-refractivity contribution in [1.82, 2.24) is 4.98 Å². The molecule has 0 bridgehead atoms. The van der Waals surface area contributed by atoms with E-state index in [1.54, 1.807) is 0 Å². The van der Waals surface area contributed by atoms with Gasteiger partial charge in [-0.1, -0.05) is 38.1 Å². The molecular weight excluding hydrogens is 302 g/mol. The van der Waals surface area contributed by atoms with E-state index >= 15 is 0 Å². The molecule has 0 saturated heterocycles. The molecule has 0 saturated carbocycles. The summed E-state index contributed by atoms with van der Waals surface area (Å²) in [5, 5.41) is 14.2. The van der Waals surface area contributed by atoms with Crippen LogP contribution >= 0.6 is 0 Å². The lowest BCUT2D eigenvalue weighted by molar-refractivity contribution is -0.121. The second-order valence-electron chi connectivity index (χ2n) is 6.24. The van der Waals surface area contributed by atoms with Crippen LogP contribution in [0.25, 0.3) is 0 Å². The second kappa shape index (κ2) is 6.61. The second-order valence-corrected chi connectivity index (χ2v) is 6.24. The van der Waals surface area contributed by atoms with Crippen molar-refractivity contribution in [2.75, 3.05) is 10.2 Å². The van der Waals surface area contributed by atoms with Gasteiger partial charge in [0.1, 0.15) is 12.0 Å². The van der Waals surface area contributed by atoms with Crippen LogP contribution in [0.1, 0.15) is 37.6 Å². The number of hydrogen-bond acceptors (Lipinski definition) is 4. The van der Waals surface area contributed by atoms with Crippen LogP contribution in [-0.2, 0) is 4.79 Å². The molecule has 1 aliphatic rings. The van der Waals surface area contributed by atoms with Crippen molar-refractivity contribution in [2.24, 2.45) is 5.92 Å². The Morgan fingerprint density at radius 2 is 2.00 bits per heavy atom. The molecule has 3 atom stereocenters. The number of para-hydroxylation sites is 1. The summed E-state index contributed by atoms with van der Waals surface area (Å²) in [4.78, 5) is 18.3. The molecular formula is C19H23N3O2. The number of nitrogens with one attached hydrogen (secondary N) is 1. The summed E-state index contributed by atoms with van der Waals surface area (Å²) in [5.41, 5.74) is 2.69. The highest BCUT2D eigenvalue weighted by atomic mass is 16.3. The average molecular weight is 325 g/mol. The number of pyridine rings is 1. The maximum absolute atomic E-state index is 12.3. The van der Waals surface area contributed by atoms with Gasteiger partial charge >= 0.3 is 0 Å². The van der Waals surface area contributed by atoms with Crippen molar-refractivity contribution in [3.8, 4) is 0 Å². The number of carbonyl (C=O) groups is 1. The first-order chi connectivity index (χ1) is 11.5. The molecule has 0 aliphatic carbocycles. The van der Waals surface area contributed by atoms with Gasteiger partial charge in [-0.3, -0.25) is 9.69 Å². The highest BCUT2D eigenvalue weighted by molar-refractivity contribution is 5.95. The largest absolute Gasteiger partial charge is 0.373 e. The van der Waals surface area contributed by atoms with Gasteiger partial charge in [-0.2, -0.15) is 0 Å². The zero-order chi connectivity index (χ0) is 17.3. The quantitative estimate of drug-likeness (QED) is 0.909. The average Bonchev–Trinajstić information content (AvgIpc) is 2.59. The molecule has 1 aromatic heterocycles. The fourth-order valence-corrected chi connectivity index (χ4v) is 3.25. The van der Waals surface area contributed by atoms with E-state index in [1.807, 2.05) is 63.2 Å². The van der Waals surface area contributed by atoms with Crippen LogP contribution in [0, 0.1) is 12.8 Å². The third kappa shape index (κ3) is 2.87. The van der Waals surface area contributed by atoms with Gasteiger partial charge in [0.05, 0.1) is 11.7 Å². The third-order valence-electron chi connectivity index (χ3n) is 4.55. The van der Waals surface area contributed by atoms with Crippen molar-refractivity contribution in [1.29, 1.82) is 0 Å². The molecule has 1 aromatic carbocycles. The predicted molar refractivity (Wildman–Crippen MR) is 94.7 cm³/mol. The van der Waals surface area contributed by atoms with E-state index in [-0.39, 0.29) is 17.9 Å². The molecule has 0 radical (unpaired) electrons. The molecule has 0 fully saturated rings. The predicted octanol–water partition coefficient (Wildman–Crippen LogP) is 3.25. The van der Waals surface area contributed by atoms with Crippen LogP contribution in [0.5, 0.6) is 0 Å². The number of aliphatic hydroxyl groups is 1. The zero-order valence-electron chi connectivity index (χ0n) is 14.2. The maximum atomic E-state index is 12.3. The summed E-state index contributed by atoms with van der Waals surface area (Å²) in [6.45, 7) is 5.70. The van der Waals surface area contributed by atoms with Gasteiger partial charge in [0.25, 0.3) is 0 Å². The lowest BCUT2D eigenvalue weighted by Gasteiger charge is -2.43. The summed E-state index contributed by atoms with van der Waals surface area (Å²) in [6.07, 6.45) is -0.509. The van der Waals surface area contributed by atoms with Gasteiger partial charge < -0.3 is 10.4 Å². The van der Waals surface area contributed by atoms with Gasteiger partial charge in [0.2, 0.25) is 5.91 Å². The van der Waals surface area contributed by atoms with E-state index in [9.17, 15) is 9.90 Å². The molecule has 1 amide bonds. The maximum Gasteiger partial charge on any atom is 0.228 e. The fourth-order valence-electron chi connectivity index (χ4n) is 3.25. The van der Waals surface area contributed by atoms with E-state index in [4.69, 9.17) is 0 Å². The van der Waals surface area contributed by atoms with E-state index in [0.29, 0.717) is 6.42 Å². The van der Waals surface area contributed by atoms with Crippen LogP contribution in [0.15, 0.2) is 42.5 Å². The SMILES string of the molecule is CCC(=O)N1c2ccccc2C(Nc2cccc(C)n2)C(C)[C@@H]1O. The van der Waals surface area contributed by atoms with Gasteiger partial charge in [-0.05, 0) is 30.7 Å². The van der Waals surface area contributed by atoms with Crippen molar-refractivity contribution in [3.05, 3.63) is 53.7 Å². The van der Waals surface area contributed by atoms with E-state index in [1.165, 1.54) is 4.90 Å². The number of benzene rings is 1. The monoisotopic (exact) mass is 325 g/mol. The van der Waals surface area contributed by atoms with Crippen LogP contribution in [-0.4, -0.2) is 22.2 Å². The Balaban J connectivity index is 2.02. The number of aliphatic hydroxyl groups excluding tert-OH is 1. The van der Waals surface area contributed by atoms with Gasteiger partial charge in [0.15, 0.2) is 0 Å². The number of anilines is 2. The first kappa shape index (κ1) is 16.5. The van der Waals surface area contributed by atoms with E-state index < -0.39 is 6.23 Å². The molecule has 5 heteroatoms. The van der Waals surface area contributed by atoms with Crippen molar-refractivity contribution < 1.29 is 9.90 Å². The Morgan fingerprint density at radius 3 is 2.71 bits per heavy atom. The summed E-state index contributed by atoms with van der Waals surface area (Å²) < 4.78 is 0. The number of hydrogen-bond donors (Lipinski definition) is 2. The number of fused-ring (bicyclic) bond motifs is 1. The van der Waals surface area contributed by atoms with Crippen LogP contribution < -0.4 is 10.2 Å². The van der Waals surface area contributed by atoms with Gasteiger partial charge in [-0.25, -0.2) is 4.98 Å². The molecule has 5 nitrogen and oxygen atoms in total. The van der Waals surface area contributed by atoms with Gasteiger partial charge in [0, 0.05) is 18.0 Å². The summed E-state index contributed by atoms with van der Waals surface area (Å²) in [5.74, 6) is 0.524. The minimum absolute atomic E-state index is 0.0751. The lowest BCUT2D eigenvalue weighted by atomic mass is 9.86. The van der Waals surface area contributed by atoms with E-state index in [0.717, 1.165) is 22.8 Å². The molecule has 24 heavy (non-hydrogen) atoms. The Labute approximate surface area is 142 Å². The number of aromatic nitrogens is 1. The van der Waals surface area contributed by atoms with Gasteiger partial charge in [-0.15, -0.1) is 0 Å². The molecule has 0 spiro atoms. The lowest BCUT2D eigenvalue weighted by Crippen LogP contribution is -2.50. The normalized spacial score (nSPS) is 22.8. The summed E-state index contributed by atoms with van der Waals surface area (Å²) in [7, 11) is 0. The van der Waals surface area contributed by atoms with Crippen molar-refractivity contribution in [3.63, 3.8) is 0 Å². The first-order valence-corrected chi connectivity index (χ1v) is 8.32. The topological polar surface area (TPSA) is 65.5 Å². The minimum Gasteiger partial charge on any atom is -0.373 e. The highest BCUT2D eigenvalue weighted by Crippen LogP contribution is 2.41. The zero-order valence-corrected chi connectivity index (χ0v) is 14.2. The summed E-state index contributed by atoms with van der Waals surface area (Å²) in [6, 6.07) is 13.4. The molecule has 2 N–H and O–H groups in total. The Morgan fingerprint density at radius 1 is 1.25 bits per heavy atom. The standard InChI is InChI=1S/C19H23N3O2/c1-4-17(23)22-15-10-6-5-9-14(15)18(13(3)19(22)24)21-16-11-7-8-12(2)20-16/h5-11,13,18-19,24H,4H2,1-3H3,(H,20,21)/t13?,18?,19-/m0/s1. The molecule has 2 unspecified atom stereocenters. The summed E-state index contributed by atoms with van der Waals surface area (Å²) >= 11 is 0. The third-order valence-corrected chi connectivity index (χ3v) is 4.55. The Kier molecular flexibility index (Phi) is 4.53. The highest BCUT2D eigenvalue weighted by Gasteiger charge is 2.40. The molecule has 3 rings (SSSR count). The number of aryl methyl sites for hydroxylation is 1. The minimum atomic E-state index is -0.866. The Hall–Kier alpha value is -2.40. The van der Waals surface area contributed by atoms with Crippen LogP contribution in [0.2, 0.25) is 0 Å². The molecule has 1 aliphatic heterocycles. The smallest absolute Gasteiger partial charge is 0.228 e. The van der Waals surface area contributed by atoms with E-state index in [2.05, 4.69) is 10.3 Å². The molecule has 2 aromatic rings. The van der Waals surface area contributed by atoms with Crippen LogP contribution in [0.4, 0.5) is 11.5 Å². The number of nitrogens with zero attached hydrogens (tertiary/aromatic N) is 2. The molecule has 126 valence electrons. The first-order valence-electron chi connectivity index (χ1n) is 8.32.